The van der Waals surface area contributed by atoms with Gasteiger partial charge in [-0.05, 0) is 17.7 Å². The predicted molar refractivity (Wildman–Crippen MR) is 57.7 cm³/mol. The molecule has 0 heterocycles. The van der Waals surface area contributed by atoms with E-state index < -0.39 is 0 Å². The number of hydrogen-bond acceptors (Lipinski definition) is 2. The van der Waals surface area contributed by atoms with E-state index in [1.54, 1.807) is 14.2 Å². The summed E-state index contributed by atoms with van der Waals surface area (Å²) in [5.41, 5.74) is 1.09. The molecule has 3 heteroatoms. The van der Waals surface area contributed by atoms with Crippen molar-refractivity contribution in [2.75, 3.05) is 20.8 Å². The molecule has 0 amide bonds. The van der Waals surface area contributed by atoms with E-state index in [9.17, 15) is 0 Å². The summed E-state index contributed by atoms with van der Waals surface area (Å²) in [4.78, 5) is 0. The molecule has 1 rings (SSSR count). The van der Waals surface area contributed by atoms with E-state index >= 15 is 0 Å². The van der Waals surface area contributed by atoms with Gasteiger partial charge in [0.05, 0.1) is 6.10 Å². The zero-order valence-electron chi connectivity index (χ0n) is 8.50. The number of rotatable bonds is 5. The molecule has 1 atom stereocenters. The molecule has 0 radical (unpaired) electrons. The van der Waals surface area contributed by atoms with Gasteiger partial charge in [-0.1, -0.05) is 23.7 Å². The first-order valence-electron chi connectivity index (χ1n) is 4.55. The number of methoxy groups -OCH3 is 2. The van der Waals surface area contributed by atoms with Crippen LogP contribution in [0.2, 0.25) is 5.02 Å². The molecule has 14 heavy (non-hydrogen) atoms. The molecule has 0 aliphatic heterocycles. The molecule has 1 aromatic rings. The third kappa shape index (κ3) is 3.29. The standard InChI is InChI=1S/C11H15ClO2/c1-13-7-6-11(14-2)9-4-3-5-10(12)8-9/h3-5,8,11H,6-7H2,1-2H3/t11-/m0/s1. The maximum Gasteiger partial charge on any atom is 0.0843 e. The lowest BCUT2D eigenvalue weighted by molar-refractivity contribution is 0.0662. The van der Waals surface area contributed by atoms with Crippen LogP contribution in [0.15, 0.2) is 24.3 Å². The molecule has 0 spiro atoms. The Morgan fingerprint density at radius 1 is 1.36 bits per heavy atom. The van der Waals surface area contributed by atoms with Crippen LogP contribution < -0.4 is 0 Å². The number of ether oxygens (including phenoxy) is 2. The number of hydrogen-bond donors (Lipinski definition) is 0. The molecule has 0 N–H and O–H groups in total. The lowest BCUT2D eigenvalue weighted by Gasteiger charge is -2.15. The van der Waals surface area contributed by atoms with Crippen molar-refractivity contribution in [2.24, 2.45) is 0 Å². The fraction of sp³-hybridized carbons (Fsp3) is 0.455. The van der Waals surface area contributed by atoms with Crippen molar-refractivity contribution in [2.45, 2.75) is 12.5 Å². The first-order chi connectivity index (χ1) is 6.77. The highest BCUT2D eigenvalue weighted by atomic mass is 35.5. The van der Waals surface area contributed by atoms with Gasteiger partial charge in [0, 0.05) is 32.3 Å². The van der Waals surface area contributed by atoms with Gasteiger partial charge in [0.1, 0.15) is 0 Å². The molecule has 0 fully saturated rings. The van der Waals surface area contributed by atoms with Gasteiger partial charge < -0.3 is 9.47 Å². The summed E-state index contributed by atoms with van der Waals surface area (Å²) in [6.45, 7) is 0.686. The van der Waals surface area contributed by atoms with Gasteiger partial charge in [-0.2, -0.15) is 0 Å². The second-order valence-electron chi connectivity index (χ2n) is 3.06. The van der Waals surface area contributed by atoms with Gasteiger partial charge >= 0.3 is 0 Å². The van der Waals surface area contributed by atoms with Crippen LogP contribution in [0.5, 0.6) is 0 Å². The van der Waals surface area contributed by atoms with E-state index in [0.717, 1.165) is 17.0 Å². The Bertz CT molecular complexity index is 276. The summed E-state index contributed by atoms with van der Waals surface area (Å²) in [5.74, 6) is 0. The summed E-state index contributed by atoms with van der Waals surface area (Å²) in [6, 6.07) is 7.71. The van der Waals surface area contributed by atoms with Crippen molar-refractivity contribution in [3.05, 3.63) is 34.9 Å². The second-order valence-corrected chi connectivity index (χ2v) is 3.50. The lowest BCUT2D eigenvalue weighted by atomic mass is 10.1. The minimum absolute atomic E-state index is 0.0636. The van der Waals surface area contributed by atoms with Crippen LogP contribution in [0.1, 0.15) is 18.1 Å². The van der Waals surface area contributed by atoms with Crippen LogP contribution in [0.25, 0.3) is 0 Å². The van der Waals surface area contributed by atoms with Crippen LogP contribution in [0.3, 0.4) is 0 Å². The first-order valence-corrected chi connectivity index (χ1v) is 4.93. The lowest BCUT2D eigenvalue weighted by Crippen LogP contribution is -2.04. The minimum Gasteiger partial charge on any atom is -0.385 e. The van der Waals surface area contributed by atoms with Gasteiger partial charge in [0.15, 0.2) is 0 Å². The average Bonchev–Trinajstić information content (AvgIpc) is 2.19. The van der Waals surface area contributed by atoms with Crippen LogP contribution in [-0.4, -0.2) is 20.8 Å². The number of benzene rings is 1. The Kier molecular flexibility index (Phi) is 4.94. The Labute approximate surface area is 89.8 Å². The smallest absolute Gasteiger partial charge is 0.0843 e. The highest BCUT2D eigenvalue weighted by Crippen LogP contribution is 2.22. The average molecular weight is 215 g/mol. The maximum absolute atomic E-state index is 5.89. The normalized spacial score (nSPS) is 12.8. The summed E-state index contributed by atoms with van der Waals surface area (Å²) in [5, 5.41) is 0.738. The topological polar surface area (TPSA) is 18.5 Å². The minimum atomic E-state index is 0.0636. The molecule has 78 valence electrons. The molecular formula is C11H15ClO2. The quantitative estimate of drug-likeness (QED) is 0.750. The molecule has 0 unspecified atom stereocenters. The Hall–Kier alpha value is -0.570. The monoisotopic (exact) mass is 214 g/mol. The van der Waals surface area contributed by atoms with E-state index in [0.29, 0.717) is 6.61 Å². The van der Waals surface area contributed by atoms with E-state index in [4.69, 9.17) is 21.1 Å². The van der Waals surface area contributed by atoms with Crippen molar-refractivity contribution in [3.8, 4) is 0 Å². The van der Waals surface area contributed by atoms with E-state index in [1.165, 1.54) is 0 Å². The molecule has 0 bridgehead atoms. The summed E-state index contributed by atoms with van der Waals surface area (Å²) in [6.07, 6.45) is 0.904. The molecule has 0 aliphatic carbocycles. The van der Waals surface area contributed by atoms with Crippen LogP contribution in [-0.2, 0) is 9.47 Å². The van der Waals surface area contributed by atoms with E-state index in [2.05, 4.69) is 0 Å². The van der Waals surface area contributed by atoms with E-state index in [1.807, 2.05) is 24.3 Å². The van der Waals surface area contributed by atoms with Gasteiger partial charge in [-0.25, -0.2) is 0 Å². The fourth-order valence-electron chi connectivity index (χ4n) is 1.35. The summed E-state index contributed by atoms with van der Waals surface area (Å²) >= 11 is 5.89. The van der Waals surface area contributed by atoms with Crippen molar-refractivity contribution in [3.63, 3.8) is 0 Å². The Morgan fingerprint density at radius 2 is 2.14 bits per heavy atom. The van der Waals surface area contributed by atoms with E-state index in [-0.39, 0.29) is 6.10 Å². The van der Waals surface area contributed by atoms with Crippen molar-refractivity contribution in [1.82, 2.24) is 0 Å². The molecule has 2 nitrogen and oxygen atoms in total. The van der Waals surface area contributed by atoms with Crippen LogP contribution in [0, 0.1) is 0 Å². The molecule has 0 aromatic heterocycles. The first kappa shape index (κ1) is 11.5. The largest absolute Gasteiger partial charge is 0.385 e. The third-order valence-electron chi connectivity index (χ3n) is 2.09. The summed E-state index contributed by atoms with van der Waals surface area (Å²) in [7, 11) is 3.38. The third-order valence-corrected chi connectivity index (χ3v) is 2.32. The molecule has 0 saturated heterocycles. The predicted octanol–water partition coefficient (Wildman–Crippen LogP) is 3.06. The maximum atomic E-state index is 5.89. The van der Waals surface area contributed by atoms with Gasteiger partial charge in [-0.15, -0.1) is 0 Å². The van der Waals surface area contributed by atoms with Crippen molar-refractivity contribution >= 4 is 11.6 Å². The molecular weight excluding hydrogens is 200 g/mol. The zero-order valence-corrected chi connectivity index (χ0v) is 9.25. The second kappa shape index (κ2) is 6.02. The van der Waals surface area contributed by atoms with Crippen LogP contribution in [0.4, 0.5) is 0 Å². The van der Waals surface area contributed by atoms with Gasteiger partial charge in [0.25, 0.3) is 0 Å². The molecule has 0 saturated carbocycles. The van der Waals surface area contributed by atoms with Crippen molar-refractivity contribution < 1.29 is 9.47 Å². The molecule has 1 aromatic carbocycles. The van der Waals surface area contributed by atoms with Gasteiger partial charge in [-0.3, -0.25) is 0 Å². The van der Waals surface area contributed by atoms with Crippen molar-refractivity contribution in [1.29, 1.82) is 0 Å². The summed E-state index contributed by atoms with van der Waals surface area (Å²) < 4.78 is 10.4. The number of halogens is 1. The fourth-order valence-corrected chi connectivity index (χ4v) is 1.55. The Balaban J connectivity index is 2.68. The highest BCUT2D eigenvalue weighted by Gasteiger charge is 2.09. The zero-order chi connectivity index (χ0) is 10.4. The Morgan fingerprint density at radius 3 is 2.71 bits per heavy atom. The van der Waals surface area contributed by atoms with Gasteiger partial charge in [0.2, 0.25) is 0 Å². The SMILES string of the molecule is COCC[C@H](OC)c1cccc(Cl)c1. The van der Waals surface area contributed by atoms with Crippen LogP contribution >= 0.6 is 11.6 Å². The highest BCUT2D eigenvalue weighted by molar-refractivity contribution is 6.30. The molecule has 0 aliphatic rings.